The molecule has 1 unspecified atom stereocenters. The van der Waals surface area contributed by atoms with E-state index >= 15 is 0 Å². The SMILES string of the molecule is O=C1NC(O)(O)C(O)(c2c(O)c(O)c(OC(O)(O)O)c(OC3(O)C(O)(O)C(O)(O)C(O)(O)C3(O)O)c2O)C1(O)O. The number of carbonyl (C=O) groups excluding carboxylic acids is 1. The molecule has 2 fully saturated rings. The van der Waals surface area contributed by atoms with Crippen LogP contribution in [0, 0.1) is 0 Å². The molecule has 1 saturated carbocycles. The van der Waals surface area contributed by atoms with Crippen molar-refractivity contribution < 1.29 is 116 Å². The zero-order chi connectivity index (χ0) is 31.7. The normalized spacial score (nSPS) is 28.7. The quantitative estimate of drug-likeness (QED) is 0.0853. The van der Waals surface area contributed by atoms with Crippen molar-refractivity contribution in [2.75, 3.05) is 0 Å². The molecule has 0 aromatic heterocycles. The number of aliphatic hydroxyl groups is 17. The minimum Gasteiger partial charge on any atom is -0.504 e. The molecular weight excluding hydrogens is 574 g/mol. The number of amides is 1. The summed E-state index contributed by atoms with van der Waals surface area (Å²) < 4.78 is 8.08. The smallest absolute Gasteiger partial charge is 0.453 e. The lowest BCUT2D eigenvalue weighted by molar-refractivity contribution is -0.452. The molecule has 1 aromatic carbocycles. The second-order valence-electron chi connectivity index (χ2n) is 8.70. The monoisotopic (exact) mass is 595 g/mol. The maximum Gasteiger partial charge on any atom is 0.453 e. The number of benzene rings is 1. The van der Waals surface area contributed by atoms with Crippen LogP contribution in [0.1, 0.15) is 5.56 Å². The second-order valence-corrected chi connectivity index (χ2v) is 8.70. The molecule has 1 amide bonds. The van der Waals surface area contributed by atoms with Crippen LogP contribution >= 0.6 is 0 Å². The van der Waals surface area contributed by atoms with Crippen LogP contribution in [0.25, 0.3) is 0 Å². The average Bonchev–Trinajstić information content (AvgIpc) is 2.91. The highest BCUT2D eigenvalue weighted by atomic mass is 16.9. The summed E-state index contributed by atoms with van der Waals surface area (Å²) in [6, 6.07) is 0. The van der Waals surface area contributed by atoms with Gasteiger partial charge in [0, 0.05) is 0 Å². The van der Waals surface area contributed by atoms with E-state index in [0.717, 1.165) is 5.32 Å². The van der Waals surface area contributed by atoms with Crippen molar-refractivity contribution in [1.82, 2.24) is 5.32 Å². The van der Waals surface area contributed by atoms with E-state index in [0.29, 0.717) is 0 Å². The highest BCUT2D eigenvalue weighted by Crippen LogP contribution is 2.62. The Morgan fingerprint density at radius 1 is 0.600 bits per heavy atom. The lowest BCUT2D eigenvalue weighted by atomic mass is 9.82. The van der Waals surface area contributed by atoms with Gasteiger partial charge < -0.3 is 112 Å². The van der Waals surface area contributed by atoms with E-state index in [-0.39, 0.29) is 0 Å². The van der Waals surface area contributed by atoms with Gasteiger partial charge in [0.1, 0.15) is 0 Å². The zero-order valence-corrected chi connectivity index (χ0v) is 18.7. The van der Waals surface area contributed by atoms with Crippen molar-refractivity contribution in [1.29, 1.82) is 0 Å². The Morgan fingerprint density at radius 3 is 1.38 bits per heavy atom. The van der Waals surface area contributed by atoms with Crippen LogP contribution < -0.4 is 14.8 Å². The van der Waals surface area contributed by atoms with Crippen LogP contribution in [0.5, 0.6) is 28.7 Å². The van der Waals surface area contributed by atoms with Crippen molar-refractivity contribution in [2.45, 2.75) is 52.4 Å². The van der Waals surface area contributed by atoms with E-state index in [4.69, 9.17) is 15.3 Å². The predicted molar refractivity (Wildman–Crippen MR) is 102 cm³/mol. The number of hydrogen-bond acceptors (Lipinski definition) is 23. The first-order valence-corrected chi connectivity index (χ1v) is 9.74. The molecule has 24 heteroatoms. The molecule has 1 aromatic rings. The number of phenolic OH excluding ortho intramolecular Hbond substituents is 3. The second kappa shape index (κ2) is 7.84. The number of aromatic hydroxyl groups is 3. The average molecular weight is 595 g/mol. The Balaban J connectivity index is 2.50. The van der Waals surface area contributed by atoms with E-state index in [1.165, 1.54) is 0 Å². The molecule has 1 aliphatic carbocycles. The van der Waals surface area contributed by atoms with Crippen LogP contribution in [0.3, 0.4) is 0 Å². The van der Waals surface area contributed by atoms with Gasteiger partial charge in [-0.3, -0.25) is 10.1 Å². The molecule has 0 spiro atoms. The summed E-state index contributed by atoms with van der Waals surface area (Å²) in [6.45, 7) is 0. The van der Waals surface area contributed by atoms with Gasteiger partial charge >= 0.3 is 11.9 Å². The molecule has 3 rings (SSSR count). The number of ether oxygens (including phenoxy) is 2. The van der Waals surface area contributed by atoms with Crippen molar-refractivity contribution in [2.24, 2.45) is 0 Å². The molecule has 40 heavy (non-hydrogen) atoms. The lowest BCUT2D eigenvalue weighted by Crippen LogP contribution is -2.70. The first-order valence-electron chi connectivity index (χ1n) is 9.74. The van der Waals surface area contributed by atoms with Gasteiger partial charge in [0.2, 0.25) is 22.8 Å². The van der Waals surface area contributed by atoms with Crippen molar-refractivity contribution in [3.63, 3.8) is 0 Å². The van der Waals surface area contributed by atoms with Gasteiger partial charge in [-0.1, -0.05) is 0 Å². The summed E-state index contributed by atoms with van der Waals surface area (Å²) in [4.78, 5) is 11.8. The summed E-state index contributed by atoms with van der Waals surface area (Å²) in [5.41, 5.74) is -6.98. The summed E-state index contributed by atoms with van der Waals surface area (Å²) >= 11 is 0. The van der Waals surface area contributed by atoms with Crippen molar-refractivity contribution in [3.8, 4) is 28.7 Å². The van der Waals surface area contributed by atoms with E-state index < -0.39 is 92.6 Å². The van der Waals surface area contributed by atoms with Gasteiger partial charge in [0.15, 0.2) is 11.5 Å². The Hall–Kier alpha value is -2.99. The van der Waals surface area contributed by atoms with Gasteiger partial charge in [-0.15, -0.1) is 0 Å². The van der Waals surface area contributed by atoms with E-state index in [1.54, 1.807) is 0 Å². The summed E-state index contributed by atoms with van der Waals surface area (Å²) in [7, 11) is 0. The number of carbonyl (C=O) groups is 1. The molecule has 1 aliphatic heterocycles. The largest absolute Gasteiger partial charge is 0.504 e. The number of rotatable bonds is 5. The van der Waals surface area contributed by atoms with Crippen molar-refractivity contribution >= 4 is 5.91 Å². The molecule has 228 valence electrons. The fraction of sp³-hybridized carbons (Fsp3) is 0.562. The maximum absolute atomic E-state index is 11.8. The number of nitrogens with one attached hydrogen (secondary N) is 1. The molecule has 2 aliphatic rings. The Kier molecular flexibility index (Phi) is 6.18. The Labute approximate surface area is 215 Å². The van der Waals surface area contributed by atoms with E-state index in [2.05, 4.69) is 9.47 Å². The predicted octanol–water partition coefficient (Wildman–Crippen LogP) is -11.8. The molecule has 0 radical (unpaired) electrons. The van der Waals surface area contributed by atoms with Crippen molar-refractivity contribution in [3.05, 3.63) is 5.56 Å². The summed E-state index contributed by atoms with van der Waals surface area (Å²) in [5, 5.41) is 200. The third kappa shape index (κ3) is 3.29. The molecule has 1 heterocycles. The molecular formula is C16H21NO23. The summed E-state index contributed by atoms with van der Waals surface area (Å²) in [6.07, 6.45) is -4.58. The zero-order valence-electron chi connectivity index (χ0n) is 18.7. The minimum absolute atomic E-state index is 0.932. The molecule has 21 N–H and O–H groups in total. The molecule has 0 bridgehead atoms. The van der Waals surface area contributed by atoms with Gasteiger partial charge in [-0.05, 0) is 0 Å². The minimum atomic E-state index is -5.23. The number of phenols is 3. The van der Waals surface area contributed by atoms with Crippen LogP contribution in [0.4, 0.5) is 0 Å². The first kappa shape index (κ1) is 31.5. The molecule has 24 nitrogen and oxygen atoms in total. The molecule has 1 saturated heterocycles. The highest BCUT2D eigenvalue weighted by Gasteiger charge is 2.93. The van der Waals surface area contributed by atoms with Crippen LogP contribution in [-0.4, -0.2) is 155 Å². The fourth-order valence-corrected chi connectivity index (χ4v) is 3.92. The maximum atomic E-state index is 11.8. The van der Waals surface area contributed by atoms with E-state index in [1.807, 2.05) is 0 Å². The Morgan fingerprint density at radius 2 is 1.02 bits per heavy atom. The van der Waals surface area contributed by atoms with Crippen LogP contribution in [0.15, 0.2) is 0 Å². The van der Waals surface area contributed by atoms with E-state index in [9.17, 15) is 91.6 Å². The van der Waals surface area contributed by atoms with Gasteiger partial charge in [-0.2, -0.15) is 0 Å². The topological polar surface area (TPSA) is 452 Å². The summed E-state index contributed by atoms with van der Waals surface area (Å²) in [5.74, 6) is -48.9. The third-order valence-corrected chi connectivity index (χ3v) is 6.20. The van der Waals surface area contributed by atoms with Gasteiger partial charge in [-0.25, -0.2) is 0 Å². The molecule has 1 atom stereocenters. The lowest BCUT2D eigenvalue weighted by Gasteiger charge is -2.41. The Bertz CT molecular complexity index is 1230. The highest BCUT2D eigenvalue weighted by molar-refractivity contribution is 5.90. The fourth-order valence-electron chi connectivity index (χ4n) is 3.92. The number of hydrogen-bond donors (Lipinski definition) is 21. The van der Waals surface area contributed by atoms with Crippen LogP contribution in [-0.2, 0) is 10.4 Å². The standard InChI is InChI=1S/C16H21NO23/c18-2-1(8(22)9(23,24)7(21)17-15(8,34)35)3(19)5(6(4(2)20)40-16(36,37)38)39-14(33)12(29,30)10(25,26)11(27,28)13(14,31)32/h18-20,22-38H,(H,17,21). The van der Waals surface area contributed by atoms with Gasteiger partial charge in [0.05, 0.1) is 5.56 Å². The third-order valence-electron chi connectivity index (χ3n) is 6.20. The van der Waals surface area contributed by atoms with Crippen LogP contribution in [0.2, 0.25) is 0 Å². The van der Waals surface area contributed by atoms with Gasteiger partial charge in [0.25, 0.3) is 40.8 Å². The first-order chi connectivity index (χ1) is 17.4.